The van der Waals surface area contributed by atoms with Crippen LogP contribution in [0.25, 0.3) is 11.1 Å². The molecule has 0 atom stereocenters. The van der Waals surface area contributed by atoms with E-state index in [1.54, 1.807) is 24.3 Å². The molecule has 0 radical (unpaired) electrons. The van der Waals surface area contributed by atoms with E-state index >= 15 is 0 Å². The molecule has 3 aromatic carbocycles. The van der Waals surface area contributed by atoms with Crippen molar-refractivity contribution >= 4 is 5.97 Å². The summed E-state index contributed by atoms with van der Waals surface area (Å²) in [5, 5.41) is 18.6. The van der Waals surface area contributed by atoms with Crippen molar-refractivity contribution in [3.63, 3.8) is 0 Å². The third-order valence-electron chi connectivity index (χ3n) is 3.69. The lowest BCUT2D eigenvalue weighted by Gasteiger charge is -2.10. The first-order valence-corrected chi connectivity index (χ1v) is 7.44. The van der Waals surface area contributed by atoms with Crippen LogP contribution in [-0.4, -0.2) is 16.2 Å². The van der Waals surface area contributed by atoms with Gasteiger partial charge in [0.1, 0.15) is 17.2 Å². The smallest absolute Gasteiger partial charge is 0.343 e. The SMILES string of the molecule is Cc1cc(OC(=O)c2ccc(O)cc2)ccc1-c1ccc(O)cc1. The monoisotopic (exact) mass is 320 g/mol. The lowest BCUT2D eigenvalue weighted by molar-refractivity contribution is 0.0734. The summed E-state index contributed by atoms with van der Waals surface area (Å²) >= 11 is 0. The second kappa shape index (κ2) is 6.46. The molecule has 0 saturated carbocycles. The summed E-state index contributed by atoms with van der Waals surface area (Å²) in [5.74, 6) is 0.288. The van der Waals surface area contributed by atoms with Crippen molar-refractivity contribution in [3.05, 3.63) is 77.9 Å². The Hall–Kier alpha value is -3.27. The fourth-order valence-corrected chi connectivity index (χ4v) is 2.43. The number of phenolic OH excluding ortho intramolecular Hbond substituents is 2. The molecule has 0 unspecified atom stereocenters. The molecular weight excluding hydrogens is 304 g/mol. The molecule has 2 N–H and O–H groups in total. The van der Waals surface area contributed by atoms with Crippen LogP contribution in [0.1, 0.15) is 15.9 Å². The van der Waals surface area contributed by atoms with E-state index in [-0.39, 0.29) is 11.5 Å². The average molecular weight is 320 g/mol. The summed E-state index contributed by atoms with van der Waals surface area (Å²) in [7, 11) is 0. The Morgan fingerprint density at radius 3 is 2.00 bits per heavy atom. The van der Waals surface area contributed by atoms with E-state index in [0.717, 1.165) is 16.7 Å². The maximum absolute atomic E-state index is 12.1. The minimum absolute atomic E-state index is 0.0978. The molecule has 24 heavy (non-hydrogen) atoms. The van der Waals surface area contributed by atoms with Crippen molar-refractivity contribution in [1.82, 2.24) is 0 Å². The number of hydrogen-bond donors (Lipinski definition) is 2. The summed E-state index contributed by atoms with van der Waals surface area (Å²) in [5.41, 5.74) is 3.30. The van der Waals surface area contributed by atoms with Gasteiger partial charge >= 0.3 is 5.97 Å². The minimum atomic E-state index is -0.480. The molecular formula is C20H16O4. The van der Waals surface area contributed by atoms with Crippen LogP contribution >= 0.6 is 0 Å². The van der Waals surface area contributed by atoms with Crippen molar-refractivity contribution in [2.45, 2.75) is 6.92 Å². The van der Waals surface area contributed by atoms with Gasteiger partial charge in [-0.05, 0) is 72.1 Å². The zero-order chi connectivity index (χ0) is 17.1. The molecule has 3 rings (SSSR count). The van der Waals surface area contributed by atoms with E-state index in [2.05, 4.69) is 0 Å². The van der Waals surface area contributed by atoms with Gasteiger partial charge in [0.2, 0.25) is 0 Å². The molecule has 0 aromatic heterocycles. The third-order valence-corrected chi connectivity index (χ3v) is 3.69. The molecule has 0 amide bonds. The Labute approximate surface area is 139 Å². The molecule has 4 heteroatoms. The van der Waals surface area contributed by atoms with Crippen molar-refractivity contribution in [2.75, 3.05) is 0 Å². The van der Waals surface area contributed by atoms with Crippen LogP contribution in [0.5, 0.6) is 17.2 Å². The maximum atomic E-state index is 12.1. The molecule has 0 aliphatic carbocycles. The van der Waals surface area contributed by atoms with Gasteiger partial charge in [0.05, 0.1) is 5.56 Å². The maximum Gasteiger partial charge on any atom is 0.343 e. The predicted molar refractivity (Wildman–Crippen MR) is 91.3 cm³/mol. The number of phenols is 2. The number of aryl methyl sites for hydroxylation is 1. The van der Waals surface area contributed by atoms with Crippen LogP contribution < -0.4 is 4.74 Å². The van der Waals surface area contributed by atoms with E-state index in [9.17, 15) is 15.0 Å². The van der Waals surface area contributed by atoms with Crippen molar-refractivity contribution < 1.29 is 19.7 Å². The van der Waals surface area contributed by atoms with Crippen LogP contribution in [0, 0.1) is 6.92 Å². The standard InChI is InChI=1S/C20H16O4/c1-13-12-18(24-20(23)15-4-8-17(22)9-5-15)10-11-19(13)14-2-6-16(21)7-3-14/h2-12,21-22H,1H3. The minimum Gasteiger partial charge on any atom is -0.508 e. The van der Waals surface area contributed by atoms with Crippen LogP contribution in [0.4, 0.5) is 0 Å². The number of esters is 1. The molecule has 0 aliphatic heterocycles. The first-order valence-electron chi connectivity index (χ1n) is 7.44. The highest BCUT2D eigenvalue weighted by atomic mass is 16.5. The highest BCUT2D eigenvalue weighted by Gasteiger charge is 2.10. The molecule has 0 heterocycles. The van der Waals surface area contributed by atoms with Gasteiger partial charge in [-0.2, -0.15) is 0 Å². The topological polar surface area (TPSA) is 66.8 Å². The molecule has 0 fully saturated rings. The van der Waals surface area contributed by atoms with Gasteiger partial charge in [-0.1, -0.05) is 18.2 Å². The first kappa shape index (κ1) is 15.6. The van der Waals surface area contributed by atoms with E-state index in [4.69, 9.17) is 4.74 Å². The van der Waals surface area contributed by atoms with Gasteiger partial charge in [-0.3, -0.25) is 0 Å². The zero-order valence-corrected chi connectivity index (χ0v) is 13.1. The van der Waals surface area contributed by atoms with Gasteiger partial charge in [-0.25, -0.2) is 4.79 Å². The number of carbonyl (C=O) groups is 1. The van der Waals surface area contributed by atoms with E-state index in [0.29, 0.717) is 11.3 Å². The Morgan fingerprint density at radius 2 is 1.42 bits per heavy atom. The first-order chi connectivity index (χ1) is 11.5. The second-order valence-electron chi connectivity index (χ2n) is 5.46. The summed E-state index contributed by atoms with van der Waals surface area (Å²) in [6.07, 6.45) is 0. The molecule has 0 saturated heterocycles. The van der Waals surface area contributed by atoms with Gasteiger partial charge < -0.3 is 14.9 Å². The van der Waals surface area contributed by atoms with Crippen LogP contribution in [0.2, 0.25) is 0 Å². The highest BCUT2D eigenvalue weighted by molar-refractivity contribution is 5.91. The van der Waals surface area contributed by atoms with Crippen LogP contribution in [-0.2, 0) is 0 Å². The molecule has 4 nitrogen and oxygen atoms in total. The fourth-order valence-electron chi connectivity index (χ4n) is 2.43. The third kappa shape index (κ3) is 3.38. The second-order valence-corrected chi connectivity index (χ2v) is 5.46. The summed E-state index contributed by atoms with van der Waals surface area (Å²) < 4.78 is 5.37. The zero-order valence-electron chi connectivity index (χ0n) is 13.1. The Balaban J connectivity index is 1.80. The molecule has 120 valence electrons. The number of ether oxygens (including phenoxy) is 1. The number of hydrogen-bond acceptors (Lipinski definition) is 4. The largest absolute Gasteiger partial charge is 0.508 e. The van der Waals surface area contributed by atoms with Crippen LogP contribution in [0.15, 0.2) is 66.7 Å². The number of aromatic hydroxyl groups is 2. The summed E-state index contributed by atoms with van der Waals surface area (Å²) in [4.78, 5) is 12.1. The Bertz CT molecular complexity index is 865. The van der Waals surface area contributed by atoms with E-state index in [1.807, 2.05) is 25.1 Å². The number of rotatable bonds is 3. The average Bonchev–Trinajstić information content (AvgIpc) is 2.57. The summed E-state index contributed by atoms with van der Waals surface area (Å²) in [6, 6.07) is 18.2. The lowest BCUT2D eigenvalue weighted by Crippen LogP contribution is -2.08. The molecule has 0 bridgehead atoms. The normalized spacial score (nSPS) is 10.4. The van der Waals surface area contributed by atoms with Gasteiger partial charge in [0.25, 0.3) is 0 Å². The predicted octanol–water partition coefficient (Wildman–Crippen LogP) is 4.29. The molecule has 3 aromatic rings. The fraction of sp³-hybridized carbons (Fsp3) is 0.0500. The quantitative estimate of drug-likeness (QED) is 0.558. The van der Waals surface area contributed by atoms with E-state index in [1.165, 1.54) is 24.3 Å². The molecule has 0 aliphatic rings. The molecule has 0 spiro atoms. The Kier molecular flexibility index (Phi) is 4.20. The van der Waals surface area contributed by atoms with Crippen LogP contribution in [0.3, 0.4) is 0 Å². The van der Waals surface area contributed by atoms with Gasteiger partial charge in [0.15, 0.2) is 0 Å². The Morgan fingerprint density at radius 1 is 0.833 bits per heavy atom. The number of benzene rings is 3. The van der Waals surface area contributed by atoms with Crippen molar-refractivity contribution in [1.29, 1.82) is 0 Å². The highest BCUT2D eigenvalue weighted by Crippen LogP contribution is 2.28. The van der Waals surface area contributed by atoms with Gasteiger partial charge in [-0.15, -0.1) is 0 Å². The van der Waals surface area contributed by atoms with Crippen molar-refractivity contribution in [3.8, 4) is 28.4 Å². The summed E-state index contributed by atoms with van der Waals surface area (Å²) in [6.45, 7) is 1.93. The lowest BCUT2D eigenvalue weighted by atomic mass is 10.0. The number of carbonyl (C=O) groups excluding carboxylic acids is 1. The van der Waals surface area contributed by atoms with Crippen molar-refractivity contribution in [2.24, 2.45) is 0 Å². The van der Waals surface area contributed by atoms with E-state index < -0.39 is 5.97 Å². The van der Waals surface area contributed by atoms with Gasteiger partial charge in [0, 0.05) is 0 Å².